The molecule has 1 N–H and O–H groups in total. The molecule has 2 amide bonds. The predicted molar refractivity (Wildman–Crippen MR) is 131 cm³/mol. The second-order valence-corrected chi connectivity index (χ2v) is 8.56. The van der Waals surface area contributed by atoms with Crippen LogP contribution < -0.4 is 5.32 Å². The molecule has 6 heteroatoms. The molecule has 1 fully saturated rings. The lowest BCUT2D eigenvalue weighted by Crippen LogP contribution is -2.41. The van der Waals surface area contributed by atoms with Crippen molar-refractivity contribution < 1.29 is 9.59 Å². The van der Waals surface area contributed by atoms with Crippen LogP contribution in [0.1, 0.15) is 31.2 Å². The Hall–Kier alpha value is -3.67. The van der Waals surface area contributed by atoms with Gasteiger partial charge in [-0.3, -0.25) is 19.5 Å². The Kier molecular flexibility index (Phi) is 7.03. The fourth-order valence-electron chi connectivity index (χ4n) is 4.35. The third kappa shape index (κ3) is 5.40. The lowest BCUT2D eigenvalue weighted by molar-refractivity contribution is -0.137. The molecule has 1 aliphatic rings. The fourth-order valence-corrected chi connectivity index (χ4v) is 4.35. The van der Waals surface area contributed by atoms with E-state index in [0.717, 1.165) is 48.2 Å². The molecule has 3 aromatic rings. The molecule has 0 radical (unpaired) electrons. The molecule has 2 aromatic carbocycles. The van der Waals surface area contributed by atoms with E-state index in [-0.39, 0.29) is 24.3 Å². The standard InChI is InChI=1S/C27H30N4O2/c1-3-16-30(26(33)22-13-7-8-14-22)19-25(32)29-27-28-24(21-11-5-4-6-12-21)18-31(27)23-15-9-10-20(2)17-23/h3-6,9-12,15,17-18,22H,1,7-8,13-14,16,19H2,2H3,(H,28,29,32). The Labute approximate surface area is 195 Å². The van der Waals surface area contributed by atoms with Crippen LogP contribution in [0.5, 0.6) is 0 Å². The Morgan fingerprint density at radius 3 is 2.61 bits per heavy atom. The Balaban J connectivity index is 1.59. The number of amides is 2. The number of aryl methyl sites for hydroxylation is 1. The molecule has 0 atom stereocenters. The van der Waals surface area contributed by atoms with E-state index >= 15 is 0 Å². The van der Waals surface area contributed by atoms with Crippen molar-refractivity contribution >= 4 is 17.8 Å². The number of anilines is 1. The van der Waals surface area contributed by atoms with Crippen LogP contribution in [0.4, 0.5) is 5.95 Å². The van der Waals surface area contributed by atoms with E-state index in [4.69, 9.17) is 4.98 Å². The maximum Gasteiger partial charge on any atom is 0.246 e. The molecule has 0 bridgehead atoms. The van der Waals surface area contributed by atoms with Gasteiger partial charge in [0, 0.05) is 29.9 Å². The minimum absolute atomic E-state index is 0.0108. The van der Waals surface area contributed by atoms with Gasteiger partial charge in [-0.15, -0.1) is 6.58 Å². The van der Waals surface area contributed by atoms with Crippen molar-refractivity contribution in [2.75, 3.05) is 18.4 Å². The summed E-state index contributed by atoms with van der Waals surface area (Å²) in [5, 5.41) is 2.94. The molecule has 4 rings (SSSR count). The minimum Gasteiger partial charge on any atom is -0.329 e. The molecule has 0 spiro atoms. The minimum atomic E-state index is -0.276. The van der Waals surface area contributed by atoms with Crippen molar-refractivity contribution in [3.8, 4) is 16.9 Å². The third-order valence-corrected chi connectivity index (χ3v) is 6.01. The number of nitrogens with one attached hydrogen (secondary N) is 1. The molecule has 0 unspecified atom stereocenters. The van der Waals surface area contributed by atoms with Crippen LogP contribution in [0, 0.1) is 12.8 Å². The summed E-state index contributed by atoms with van der Waals surface area (Å²) < 4.78 is 1.88. The maximum absolute atomic E-state index is 13.0. The molecule has 170 valence electrons. The second-order valence-electron chi connectivity index (χ2n) is 8.56. The summed E-state index contributed by atoms with van der Waals surface area (Å²) in [5.74, 6) is 0.199. The van der Waals surface area contributed by atoms with Gasteiger partial charge in [-0.1, -0.05) is 61.4 Å². The van der Waals surface area contributed by atoms with E-state index in [1.54, 1.807) is 11.0 Å². The van der Waals surface area contributed by atoms with Crippen molar-refractivity contribution in [1.82, 2.24) is 14.5 Å². The van der Waals surface area contributed by atoms with Gasteiger partial charge in [0.15, 0.2) is 0 Å². The van der Waals surface area contributed by atoms with Crippen LogP contribution >= 0.6 is 0 Å². The molecule has 0 saturated heterocycles. The molecular formula is C27H30N4O2. The van der Waals surface area contributed by atoms with Crippen molar-refractivity contribution in [3.63, 3.8) is 0 Å². The maximum atomic E-state index is 13.0. The first-order valence-corrected chi connectivity index (χ1v) is 11.5. The van der Waals surface area contributed by atoms with Gasteiger partial charge in [0.25, 0.3) is 0 Å². The highest BCUT2D eigenvalue weighted by atomic mass is 16.2. The van der Waals surface area contributed by atoms with E-state index in [9.17, 15) is 9.59 Å². The summed E-state index contributed by atoms with van der Waals surface area (Å²) in [5.41, 5.74) is 3.74. The van der Waals surface area contributed by atoms with Gasteiger partial charge in [-0.25, -0.2) is 4.98 Å². The first kappa shape index (κ1) is 22.5. The molecule has 0 aliphatic heterocycles. The zero-order valence-electron chi connectivity index (χ0n) is 19.0. The highest BCUT2D eigenvalue weighted by Crippen LogP contribution is 2.27. The Morgan fingerprint density at radius 2 is 1.91 bits per heavy atom. The van der Waals surface area contributed by atoms with Crippen molar-refractivity contribution in [2.45, 2.75) is 32.6 Å². The summed E-state index contributed by atoms with van der Waals surface area (Å²) in [4.78, 5) is 32.2. The zero-order valence-corrected chi connectivity index (χ0v) is 19.0. The topological polar surface area (TPSA) is 67.2 Å². The number of hydrogen-bond donors (Lipinski definition) is 1. The number of imidazole rings is 1. The molecular weight excluding hydrogens is 412 g/mol. The smallest absolute Gasteiger partial charge is 0.246 e. The average Bonchev–Trinajstić information content (AvgIpc) is 3.49. The van der Waals surface area contributed by atoms with E-state index < -0.39 is 0 Å². The lowest BCUT2D eigenvalue weighted by Gasteiger charge is -2.23. The highest BCUT2D eigenvalue weighted by molar-refractivity contribution is 5.94. The van der Waals surface area contributed by atoms with Gasteiger partial charge in [0.2, 0.25) is 17.8 Å². The van der Waals surface area contributed by atoms with E-state index in [1.165, 1.54) is 0 Å². The second kappa shape index (κ2) is 10.3. The first-order chi connectivity index (χ1) is 16.0. The van der Waals surface area contributed by atoms with Crippen molar-refractivity contribution in [3.05, 3.63) is 79.0 Å². The predicted octanol–water partition coefficient (Wildman–Crippen LogP) is 4.99. The molecule has 1 aromatic heterocycles. The van der Waals surface area contributed by atoms with Crippen LogP contribution in [0.15, 0.2) is 73.4 Å². The number of hydrogen-bond acceptors (Lipinski definition) is 3. The first-order valence-electron chi connectivity index (χ1n) is 11.5. The SMILES string of the molecule is C=CCN(CC(=O)Nc1nc(-c2ccccc2)cn1-c1cccc(C)c1)C(=O)C1CCCC1. The van der Waals surface area contributed by atoms with Crippen LogP contribution in [0.3, 0.4) is 0 Å². The van der Waals surface area contributed by atoms with E-state index in [2.05, 4.69) is 11.9 Å². The molecule has 33 heavy (non-hydrogen) atoms. The highest BCUT2D eigenvalue weighted by Gasteiger charge is 2.28. The summed E-state index contributed by atoms with van der Waals surface area (Å²) in [6, 6.07) is 17.9. The molecule has 1 heterocycles. The van der Waals surface area contributed by atoms with E-state index in [1.807, 2.05) is 72.3 Å². The number of carbonyl (C=O) groups is 2. The summed E-state index contributed by atoms with van der Waals surface area (Å²) in [6.07, 6.45) is 7.52. The number of nitrogens with zero attached hydrogens (tertiary/aromatic N) is 3. The van der Waals surface area contributed by atoms with Crippen molar-refractivity contribution in [2.24, 2.45) is 5.92 Å². The monoisotopic (exact) mass is 442 g/mol. The molecule has 6 nitrogen and oxygen atoms in total. The quantitative estimate of drug-likeness (QED) is 0.500. The van der Waals surface area contributed by atoms with Gasteiger partial charge in [-0.2, -0.15) is 0 Å². The Morgan fingerprint density at radius 1 is 1.15 bits per heavy atom. The van der Waals surface area contributed by atoms with Crippen molar-refractivity contribution in [1.29, 1.82) is 0 Å². The van der Waals surface area contributed by atoms with Gasteiger partial charge in [0.05, 0.1) is 5.69 Å². The van der Waals surface area contributed by atoms with Crippen LogP contribution in [-0.2, 0) is 9.59 Å². The number of carbonyl (C=O) groups excluding carboxylic acids is 2. The lowest BCUT2D eigenvalue weighted by atomic mass is 10.1. The summed E-state index contributed by atoms with van der Waals surface area (Å²) >= 11 is 0. The van der Waals surface area contributed by atoms with Gasteiger partial charge < -0.3 is 4.90 Å². The average molecular weight is 443 g/mol. The third-order valence-electron chi connectivity index (χ3n) is 6.01. The summed E-state index contributed by atoms with van der Waals surface area (Å²) in [7, 11) is 0. The van der Waals surface area contributed by atoms with E-state index in [0.29, 0.717) is 12.5 Å². The normalized spacial score (nSPS) is 13.6. The van der Waals surface area contributed by atoms with Crippen LogP contribution in [0.25, 0.3) is 16.9 Å². The van der Waals surface area contributed by atoms with Crippen LogP contribution in [-0.4, -0.2) is 39.4 Å². The van der Waals surface area contributed by atoms with Gasteiger partial charge in [0.1, 0.15) is 6.54 Å². The summed E-state index contributed by atoms with van der Waals surface area (Å²) in [6.45, 7) is 6.11. The van der Waals surface area contributed by atoms with Gasteiger partial charge in [-0.05, 0) is 37.5 Å². The zero-order chi connectivity index (χ0) is 23.2. The number of aromatic nitrogens is 2. The molecule has 1 aliphatic carbocycles. The number of rotatable bonds is 8. The Bertz CT molecular complexity index is 1130. The largest absolute Gasteiger partial charge is 0.329 e. The number of benzene rings is 2. The van der Waals surface area contributed by atoms with Crippen LogP contribution in [0.2, 0.25) is 0 Å². The fraction of sp³-hybridized carbons (Fsp3) is 0.296. The van der Waals surface area contributed by atoms with Gasteiger partial charge >= 0.3 is 0 Å². The molecule has 1 saturated carbocycles.